The highest BCUT2D eigenvalue weighted by atomic mass is 19.1. The van der Waals surface area contributed by atoms with E-state index in [-0.39, 0.29) is 5.82 Å². The summed E-state index contributed by atoms with van der Waals surface area (Å²) in [6.07, 6.45) is 1.67. The van der Waals surface area contributed by atoms with Gasteiger partial charge in [-0.15, -0.1) is 0 Å². The molecule has 3 rings (SSSR count). The minimum absolute atomic E-state index is 0.140. The standard InChI is InChI=1S/C17H22FN3O/c1-20-6-8-21(9-7-20)17-11-14(4-5-16(17)18)12-19-13-15-3-2-10-22-15/h2-5,10-11,19H,6-9,12-13H2,1H3. The van der Waals surface area contributed by atoms with Gasteiger partial charge in [0.1, 0.15) is 11.6 Å². The van der Waals surface area contributed by atoms with E-state index >= 15 is 0 Å². The lowest BCUT2D eigenvalue weighted by Crippen LogP contribution is -2.44. The molecule has 22 heavy (non-hydrogen) atoms. The summed E-state index contributed by atoms with van der Waals surface area (Å²) >= 11 is 0. The Labute approximate surface area is 130 Å². The molecule has 2 aromatic rings. The van der Waals surface area contributed by atoms with Crippen molar-refractivity contribution < 1.29 is 8.81 Å². The van der Waals surface area contributed by atoms with Crippen molar-refractivity contribution in [3.05, 3.63) is 53.7 Å². The molecule has 4 nitrogen and oxygen atoms in total. The summed E-state index contributed by atoms with van der Waals surface area (Å²) in [4.78, 5) is 4.40. The number of likely N-dealkylation sites (N-methyl/N-ethyl adjacent to an activating group) is 1. The molecule has 0 atom stereocenters. The van der Waals surface area contributed by atoms with E-state index in [1.165, 1.54) is 0 Å². The molecule has 0 radical (unpaired) electrons. The molecule has 0 unspecified atom stereocenters. The largest absolute Gasteiger partial charge is 0.468 e. The monoisotopic (exact) mass is 303 g/mol. The Bertz CT molecular complexity index is 592. The number of nitrogens with one attached hydrogen (secondary N) is 1. The van der Waals surface area contributed by atoms with E-state index in [1.807, 2.05) is 24.3 Å². The first-order valence-corrected chi connectivity index (χ1v) is 7.67. The van der Waals surface area contributed by atoms with Crippen LogP contribution < -0.4 is 10.2 Å². The molecule has 0 saturated carbocycles. The molecule has 5 heteroatoms. The summed E-state index contributed by atoms with van der Waals surface area (Å²) in [5.41, 5.74) is 1.80. The quantitative estimate of drug-likeness (QED) is 0.919. The van der Waals surface area contributed by atoms with Gasteiger partial charge in [0, 0.05) is 32.7 Å². The van der Waals surface area contributed by atoms with Gasteiger partial charge in [0.15, 0.2) is 0 Å². The maximum absolute atomic E-state index is 14.1. The fourth-order valence-corrected chi connectivity index (χ4v) is 2.70. The topological polar surface area (TPSA) is 31.6 Å². The van der Waals surface area contributed by atoms with Crippen LogP contribution in [-0.4, -0.2) is 38.1 Å². The molecule has 0 amide bonds. The molecule has 2 heterocycles. The molecular weight excluding hydrogens is 281 g/mol. The lowest BCUT2D eigenvalue weighted by molar-refractivity contribution is 0.311. The number of hydrogen-bond acceptors (Lipinski definition) is 4. The minimum Gasteiger partial charge on any atom is -0.468 e. The van der Waals surface area contributed by atoms with E-state index in [2.05, 4.69) is 22.2 Å². The van der Waals surface area contributed by atoms with E-state index in [0.717, 1.165) is 37.5 Å². The molecule has 1 aromatic heterocycles. The first-order chi connectivity index (χ1) is 10.7. The summed E-state index contributed by atoms with van der Waals surface area (Å²) in [5, 5.41) is 3.32. The van der Waals surface area contributed by atoms with E-state index in [9.17, 15) is 4.39 Å². The highest BCUT2D eigenvalue weighted by molar-refractivity contribution is 5.50. The Morgan fingerprint density at radius 1 is 1.14 bits per heavy atom. The predicted octanol–water partition coefficient (Wildman–Crippen LogP) is 2.46. The molecule has 1 fully saturated rings. The highest BCUT2D eigenvalue weighted by Gasteiger charge is 2.17. The molecule has 1 aliphatic heterocycles. The number of hydrogen-bond donors (Lipinski definition) is 1. The van der Waals surface area contributed by atoms with E-state index in [4.69, 9.17) is 4.42 Å². The molecule has 0 aliphatic carbocycles. The first kappa shape index (κ1) is 15.1. The zero-order chi connectivity index (χ0) is 15.4. The molecular formula is C17H22FN3O. The van der Waals surface area contributed by atoms with Crippen LogP contribution in [0.15, 0.2) is 41.0 Å². The number of anilines is 1. The molecule has 0 spiro atoms. The van der Waals surface area contributed by atoms with Gasteiger partial charge in [0.25, 0.3) is 0 Å². The fraction of sp³-hybridized carbons (Fsp3) is 0.412. The average Bonchev–Trinajstić information content (AvgIpc) is 3.03. The van der Waals surface area contributed by atoms with Gasteiger partial charge in [-0.3, -0.25) is 0 Å². The van der Waals surface area contributed by atoms with Gasteiger partial charge in [-0.2, -0.15) is 0 Å². The third-order valence-electron chi connectivity index (χ3n) is 4.06. The maximum atomic E-state index is 14.1. The number of rotatable bonds is 5. The summed E-state index contributed by atoms with van der Waals surface area (Å²) in [7, 11) is 2.10. The summed E-state index contributed by atoms with van der Waals surface area (Å²) in [6.45, 7) is 5.06. The second kappa shape index (κ2) is 6.94. The molecule has 1 aliphatic rings. The van der Waals surface area contributed by atoms with Crippen LogP contribution >= 0.6 is 0 Å². The lowest BCUT2D eigenvalue weighted by Gasteiger charge is -2.34. The maximum Gasteiger partial charge on any atom is 0.146 e. The third kappa shape index (κ3) is 3.67. The minimum atomic E-state index is -0.140. The third-order valence-corrected chi connectivity index (χ3v) is 4.06. The number of piperazine rings is 1. The lowest BCUT2D eigenvalue weighted by atomic mass is 10.1. The number of nitrogens with zero attached hydrogens (tertiary/aromatic N) is 2. The van der Waals surface area contributed by atoms with Gasteiger partial charge in [0.05, 0.1) is 18.5 Å². The van der Waals surface area contributed by atoms with Crippen LogP contribution in [-0.2, 0) is 13.1 Å². The van der Waals surface area contributed by atoms with Gasteiger partial charge in [-0.05, 0) is 36.9 Å². The predicted molar refractivity (Wildman–Crippen MR) is 85.4 cm³/mol. The van der Waals surface area contributed by atoms with Crippen molar-refractivity contribution in [1.29, 1.82) is 0 Å². The van der Waals surface area contributed by atoms with E-state index in [1.54, 1.807) is 12.3 Å². The van der Waals surface area contributed by atoms with Crippen molar-refractivity contribution in [2.75, 3.05) is 38.1 Å². The van der Waals surface area contributed by atoms with Crippen molar-refractivity contribution in [2.45, 2.75) is 13.1 Å². The average molecular weight is 303 g/mol. The van der Waals surface area contributed by atoms with Crippen molar-refractivity contribution >= 4 is 5.69 Å². The Kier molecular flexibility index (Phi) is 4.75. The van der Waals surface area contributed by atoms with Gasteiger partial charge >= 0.3 is 0 Å². The van der Waals surface area contributed by atoms with E-state index < -0.39 is 0 Å². The van der Waals surface area contributed by atoms with Crippen molar-refractivity contribution in [2.24, 2.45) is 0 Å². The van der Waals surface area contributed by atoms with Crippen LogP contribution in [0.1, 0.15) is 11.3 Å². The summed E-state index contributed by atoms with van der Waals surface area (Å²) in [6, 6.07) is 9.17. The Morgan fingerprint density at radius 2 is 1.95 bits per heavy atom. The summed E-state index contributed by atoms with van der Waals surface area (Å²) < 4.78 is 19.4. The summed E-state index contributed by atoms with van der Waals surface area (Å²) in [5.74, 6) is 0.765. The fourth-order valence-electron chi connectivity index (χ4n) is 2.70. The second-order valence-electron chi connectivity index (χ2n) is 5.76. The number of furan rings is 1. The molecule has 1 aromatic carbocycles. The van der Waals surface area contributed by atoms with Crippen molar-refractivity contribution in [3.8, 4) is 0 Å². The zero-order valence-corrected chi connectivity index (χ0v) is 12.9. The molecule has 118 valence electrons. The Hall–Kier alpha value is -1.85. The van der Waals surface area contributed by atoms with Crippen LogP contribution in [0.3, 0.4) is 0 Å². The highest BCUT2D eigenvalue weighted by Crippen LogP contribution is 2.22. The first-order valence-electron chi connectivity index (χ1n) is 7.67. The molecule has 1 N–H and O–H groups in total. The van der Waals surface area contributed by atoms with Gasteiger partial charge in [-0.1, -0.05) is 6.07 Å². The van der Waals surface area contributed by atoms with Crippen LogP contribution in [0, 0.1) is 5.82 Å². The van der Waals surface area contributed by atoms with E-state index in [0.29, 0.717) is 18.8 Å². The number of benzene rings is 1. The van der Waals surface area contributed by atoms with Crippen LogP contribution in [0.2, 0.25) is 0 Å². The second-order valence-corrected chi connectivity index (χ2v) is 5.76. The number of halogens is 1. The van der Waals surface area contributed by atoms with Crippen molar-refractivity contribution in [3.63, 3.8) is 0 Å². The van der Waals surface area contributed by atoms with Crippen LogP contribution in [0.25, 0.3) is 0 Å². The normalized spacial score (nSPS) is 16.2. The SMILES string of the molecule is CN1CCN(c2cc(CNCc3ccco3)ccc2F)CC1. The molecule has 1 saturated heterocycles. The molecule has 0 bridgehead atoms. The van der Waals surface area contributed by atoms with Crippen molar-refractivity contribution in [1.82, 2.24) is 10.2 Å². The Morgan fingerprint density at radius 3 is 2.68 bits per heavy atom. The smallest absolute Gasteiger partial charge is 0.146 e. The van der Waals surface area contributed by atoms with Gasteiger partial charge < -0.3 is 19.5 Å². The van der Waals surface area contributed by atoms with Crippen LogP contribution in [0.5, 0.6) is 0 Å². The zero-order valence-electron chi connectivity index (χ0n) is 12.9. The Balaban J connectivity index is 1.62. The van der Waals surface area contributed by atoms with Gasteiger partial charge in [-0.25, -0.2) is 4.39 Å². The van der Waals surface area contributed by atoms with Crippen LogP contribution in [0.4, 0.5) is 10.1 Å². The van der Waals surface area contributed by atoms with Gasteiger partial charge in [0.2, 0.25) is 0 Å².